The van der Waals surface area contributed by atoms with E-state index in [-0.39, 0.29) is 11.2 Å². The molecular weight excluding hydrogens is 202 g/mol. The molecule has 1 aromatic heterocycles. The van der Waals surface area contributed by atoms with Gasteiger partial charge in [-0.1, -0.05) is 13.8 Å². The molecule has 0 aromatic carbocycles. The summed E-state index contributed by atoms with van der Waals surface area (Å²) in [7, 11) is 0. The van der Waals surface area contributed by atoms with Crippen LogP contribution in [0.4, 0.5) is 0 Å². The highest BCUT2D eigenvalue weighted by atomic mass is 16.1. The molecule has 2 heterocycles. The summed E-state index contributed by atoms with van der Waals surface area (Å²) in [5, 5.41) is 3.28. The molecule has 4 heteroatoms. The van der Waals surface area contributed by atoms with Gasteiger partial charge in [0.2, 0.25) is 0 Å². The molecule has 0 aliphatic carbocycles. The SMILES string of the molecule is CC(C)C1(C(=O)c2cnccn2)CCNC1. The second kappa shape index (κ2) is 4.29. The molecule has 1 aliphatic rings. The first-order valence-electron chi connectivity index (χ1n) is 5.68. The summed E-state index contributed by atoms with van der Waals surface area (Å²) in [5.74, 6) is 0.442. The van der Waals surface area contributed by atoms with E-state index in [0.29, 0.717) is 11.6 Å². The number of Topliss-reactive ketones (excluding diaryl/α,β-unsaturated/α-hetero) is 1. The first-order valence-corrected chi connectivity index (χ1v) is 5.68. The van der Waals surface area contributed by atoms with Crippen molar-refractivity contribution in [3.63, 3.8) is 0 Å². The van der Waals surface area contributed by atoms with Gasteiger partial charge < -0.3 is 5.32 Å². The second-order valence-electron chi connectivity index (χ2n) is 4.66. The molecule has 1 atom stereocenters. The predicted octanol–water partition coefficient (Wildman–Crippen LogP) is 1.29. The minimum Gasteiger partial charge on any atom is -0.316 e. The van der Waals surface area contributed by atoms with E-state index in [9.17, 15) is 4.79 Å². The molecule has 1 saturated heterocycles. The van der Waals surface area contributed by atoms with Gasteiger partial charge >= 0.3 is 0 Å². The van der Waals surface area contributed by atoms with Gasteiger partial charge in [0, 0.05) is 18.9 Å². The first kappa shape index (κ1) is 11.2. The molecule has 1 N–H and O–H groups in total. The van der Waals surface area contributed by atoms with Gasteiger partial charge in [0.1, 0.15) is 5.69 Å². The van der Waals surface area contributed by atoms with Crippen LogP contribution in [-0.4, -0.2) is 28.8 Å². The van der Waals surface area contributed by atoms with Crippen LogP contribution < -0.4 is 5.32 Å². The van der Waals surface area contributed by atoms with Crippen molar-refractivity contribution in [2.24, 2.45) is 11.3 Å². The third-order valence-corrected chi connectivity index (χ3v) is 3.54. The third kappa shape index (κ3) is 1.73. The summed E-state index contributed by atoms with van der Waals surface area (Å²) in [6, 6.07) is 0. The van der Waals surface area contributed by atoms with Crippen molar-refractivity contribution >= 4 is 5.78 Å². The summed E-state index contributed by atoms with van der Waals surface area (Å²) < 4.78 is 0. The molecule has 2 rings (SSSR count). The summed E-state index contributed by atoms with van der Waals surface area (Å²) in [6.45, 7) is 5.85. The van der Waals surface area contributed by atoms with Crippen LogP contribution in [0.5, 0.6) is 0 Å². The number of rotatable bonds is 3. The molecule has 1 aromatic rings. The van der Waals surface area contributed by atoms with Crippen LogP contribution in [0.15, 0.2) is 18.6 Å². The topological polar surface area (TPSA) is 54.9 Å². The van der Waals surface area contributed by atoms with Gasteiger partial charge in [0.25, 0.3) is 0 Å². The summed E-state index contributed by atoms with van der Waals surface area (Å²) in [5.41, 5.74) is 0.190. The van der Waals surface area contributed by atoms with Gasteiger partial charge in [0.15, 0.2) is 5.78 Å². The quantitative estimate of drug-likeness (QED) is 0.778. The smallest absolute Gasteiger partial charge is 0.190 e. The maximum Gasteiger partial charge on any atom is 0.190 e. The van der Waals surface area contributed by atoms with Crippen LogP contribution in [0.2, 0.25) is 0 Å². The standard InChI is InChI=1S/C12H17N3O/c1-9(2)12(3-4-14-8-12)11(16)10-7-13-5-6-15-10/h5-7,9,14H,3-4,8H2,1-2H3. The number of aromatic nitrogens is 2. The molecule has 86 valence electrons. The second-order valence-corrected chi connectivity index (χ2v) is 4.66. The lowest BCUT2D eigenvalue weighted by Gasteiger charge is -2.30. The van der Waals surface area contributed by atoms with Crippen molar-refractivity contribution in [1.29, 1.82) is 0 Å². The lowest BCUT2D eigenvalue weighted by molar-refractivity contribution is 0.0733. The summed E-state index contributed by atoms with van der Waals surface area (Å²) in [6.07, 6.45) is 5.61. The normalized spacial score (nSPS) is 24.9. The molecule has 1 fully saturated rings. The van der Waals surface area contributed by atoms with Gasteiger partial charge in [-0.15, -0.1) is 0 Å². The van der Waals surface area contributed by atoms with Gasteiger partial charge in [0.05, 0.1) is 11.6 Å². The van der Waals surface area contributed by atoms with Gasteiger partial charge in [-0.05, 0) is 18.9 Å². The molecule has 1 unspecified atom stereocenters. The Morgan fingerprint density at radius 2 is 2.31 bits per heavy atom. The van der Waals surface area contributed by atoms with Crippen molar-refractivity contribution < 1.29 is 4.79 Å². The Hall–Kier alpha value is -1.29. The van der Waals surface area contributed by atoms with Crippen molar-refractivity contribution in [2.45, 2.75) is 20.3 Å². The number of carbonyl (C=O) groups is 1. The number of nitrogens with one attached hydrogen (secondary N) is 1. The molecule has 1 aliphatic heterocycles. The highest BCUT2D eigenvalue weighted by Crippen LogP contribution is 2.36. The van der Waals surface area contributed by atoms with Crippen LogP contribution in [0.1, 0.15) is 30.8 Å². The van der Waals surface area contributed by atoms with Crippen molar-refractivity contribution in [2.75, 3.05) is 13.1 Å². The van der Waals surface area contributed by atoms with E-state index in [1.807, 2.05) is 0 Å². The molecule has 0 radical (unpaired) electrons. The Morgan fingerprint density at radius 1 is 1.50 bits per heavy atom. The van der Waals surface area contributed by atoms with Crippen molar-refractivity contribution in [3.8, 4) is 0 Å². The number of hydrogen-bond donors (Lipinski definition) is 1. The van der Waals surface area contributed by atoms with Crippen molar-refractivity contribution in [1.82, 2.24) is 15.3 Å². The fraction of sp³-hybridized carbons (Fsp3) is 0.583. The largest absolute Gasteiger partial charge is 0.316 e. The molecular formula is C12H17N3O. The number of ketones is 1. The number of nitrogens with zero attached hydrogens (tertiary/aromatic N) is 2. The first-order chi connectivity index (χ1) is 7.67. The van der Waals surface area contributed by atoms with E-state index in [2.05, 4.69) is 29.1 Å². The van der Waals surface area contributed by atoms with E-state index in [1.165, 1.54) is 0 Å². The average molecular weight is 219 g/mol. The van der Waals surface area contributed by atoms with Gasteiger partial charge in [-0.25, -0.2) is 4.98 Å². The Kier molecular flexibility index (Phi) is 3.01. The van der Waals surface area contributed by atoms with E-state index in [4.69, 9.17) is 0 Å². The fourth-order valence-electron chi connectivity index (χ4n) is 2.33. The maximum absolute atomic E-state index is 12.5. The van der Waals surface area contributed by atoms with Crippen LogP contribution >= 0.6 is 0 Å². The summed E-state index contributed by atoms with van der Waals surface area (Å²) in [4.78, 5) is 20.5. The predicted molar refractivity (Wildman–Crippen MR) is 61.1 cm³/mol. The Balaban J connectivity index is 2.32. The maximum atomic E-state index is 12.5. The lowest BCUT2D eigenvalue weighted by atomic mass is 9.72. The molecule has 0 amide bonds. The molecule has 4 nitrogen and oxygen atoms in total. The Labute approximate surface area is 95.5 Å². The van der Waals surface area contributed by atoms with Crippen LogP contribution in [0.25, 0.3) is 0 Å². The summed E-state index contributed by atoms with van der Waals surface area (Å²) >= 11 is 0. The third-order valence-electron chi connectivity index (χ3n) is 3.54. The molecule has 16 heavy (non-hydrogen) atoms. The average Bonchev–Trinajstić information content (AvgIpc) is 2.79. The monoisotopic (exact) mass is 219 g/mol. The minimum atomic E-state index is -0.296. The number of hydrogen-bond acceptors (Lipinski definition) is 4. The highest BCUT2D eigenvalue weighted by Gasteiger charge is 2.44. The Bertz CT molecular complexity index is 369. The Morgan fingerprint density at radius 3 is 2.81 bits per heavy atom. The number of carbonyl (C=O) groups excluding carboxylic acids is 1. The van der Waals surface area contributed by atoms with Crippen LogP contribution in [0.3, 0.4) is 0 Å². The minimum absolute atomic E-state index is 0.126. The van der Waals surface area contributed by atoms with Crippen LogP contribution in [0, 0.1) is 11.3 Å². The molecule has 0 spiro atoms. The fourth-order valence-corrected chi connectivity index (χ4v) is 2.33. The molecule has 0 saturated carbocycles. The van der Waals surface area contributed by atoms with Gasteiger partial charge in [-0.3, -0.25) is 9.78 Å². The lowest BCUT2D eigenvalue weighted by Crippen LogP contribution is -2.39. The zero-order valence-corrected chi connectivity index (χ0v) is 9.73. The zero-order valence-electron chi connectivity index (χ0n) is 9.73. The van der Waals surface area contributed by atoms with Gasteiger partial charge in [-0.2, -0.15) is 0 Å². The molecule has 0 bridgehead atoms. The van der Waals surface area contributed by atoms with Crippen LogP contribution in [-0.2, 0) is 0 Å². The zero-order chi connectivity index (χ0) is 11.6. The van der Waals surface area contributed by atoms with E-state index in [1.54, 1.807) is 18.6 Å². The van der Waals surface area contributed by atoms with Crippen molar-refractivity contribution in [3.05, 3.63) is 24.3 Å². The van der Waals surface area contributed by atoms with E-state index in [0.717, 1.165) is 19.5 Å². The highest BCUT2D eigenvalue weighted by molar-refractivity contribution is 5.99. The van der Waals surface area contributed by atoms with E-state index >= 15 is 0 Å². The van der Waals surface area contributed by atoms with E-state index < -0.39 is 0 Å².